The summed E-state index contributed by atoms with van der Waals surface area (Å²) in [6.07, 6.45) is 6.39. The molecule has 1 N–H and O–H groups in total. The highest BCUT2D eigenvalue weighted by Crippen LogP contribution is 2.25. The van der Waals surface area contributed by atoms with Gasteiger partial charge in [0.1, 0.15) is 11.3 Å². The van der Waals surface area contributed by atoms with Crippen LogP contribution in [0.1, 0.15) is 51.5 Å². The summed E-state index contributed by atoms with van der Waals surface area (Å²) < 4.78 is 10.9. The van der Waals surface area contributed by atoms with Crippen LogP contribution in [-0.4, -0.2) is 18.6 Å². The van der Waals surface area contributed by atoms with Crippen LogP contribution in [0.4, 0.5) is 0 Å². The quantitative estimate of drug-likeness (QED) is 0.798. The van der Waals surface area contributed by atoms with Crippen molar-refractivity contribution >= 4 is 16.9 Å². The van der Waals surface area contributed by atoms with Crippen LogP contribution >= 0.6 is 0 Å². The van der Waals surface area contributed by atoms with Gasteiger partial charge in [0.05, 0.1) is 0 Å². The second-order valence-corrected chi connectivity index (χ2v) is 7.22. The average Bonchev–Trinajstić information content (AvgIpc) is 2.62. The molecule has 26 heavy (non-hydrogen) atoms. The number of aryl methyl sites for hydroxylation is 1. The minimum atomic E-state index is -0.359. The summed E-state index contributed by atoms with van der Waals surface area (Å²) in [4.78, 5) is 23.9. The zero-order valence-corrected chi connectivity index (χ0v) is 15.5. The molecular formula is C21H27NO4. The van der Waals surface area contributed by atoms with Gasteiger partial charge in [-0.3, -0.25) is 4.79 Å². The van der Waals surface area contributed by atoms with Gasteiger partial charge in [-0.2, -0.15) is 0 Å². The molecule has 0 bridgehead atoms. The summed E-state index contributed by atoms with van der Waals surface area (Å²) in [6, 6.07) is 7.18. The third-order valence-corrected chi connectivity index (χ3v) is 5.15. The number of hydrogen-bond donors (Lipinski definition) is 1. The van der Waals surface area contributed by atoms with E-state index in [0.717, 1.165) is 36.6 Å². The SMILES string of the molecule is CCCc1cc(=O)oc2cc(OCC(=O)N[C@H]3CCCC[C@@H]3C)ccc12. The molecule has 1 aliphatic carbocycles. The number of hydrogen-bond acceptors (Lipinski definition) is 4. The van der Waals surface area contributed by atoms with Gasteiger partial charge in [0, 0.05) is 23.6 Å². The molecule has 0 saturated heterocycles. The van der Waals surface area contributed by atoms with E-state index in [-0.39, 0.29) is 24.2 Å². The van der Waals surface area contributed by atoms with Crippen LogP contribution in [0.25, 0.3) is 11.0 Å². The van der Waals surface area contributed by atoms with Crippen molar-refractivity contribution < 1.29 is 13.9 Å². The molecule has 0 unspecified atom stereocenters. The third kappa shape index (κ3) is 4.45. The predicted molar refractivity (Wildman–Crippen MR) is 102 cm³/mol. The van der Waals surface area contributed by atoms with Gasteiger partial charge >= 0.3 is 5.63 Å². The van der Waals surface area contributed by atoms with Gasteiger partial charge in [-0.05, 0) is 42.9 Å². The molecule has 5 heteroatoms. The summed E-state index contributed by atoms with van der Waals surface area (Å²) in [5.74, 6) is 0.936. The Morgan fingerprint density at radius 3 is 2.85 bits per heavy atom. The first-order valence-electron chi connectivity index (χ1n) is 9.55. The zero-order chi connectivity index (χ0) is 18.5. The van der Waals surface area contributed by atoms with Crippen LogP contribution in [0, 0.1) is 5.92 Å². The van der Waals surface area contributed by atoms with Crippen molar-refractivity contribution in [1.82, 2.24) is 5.32 Å². The summed E-state index contributed by atoms with van der Waals surface area (Å²) in [5.41, 5.74) is 1.12. The van der Waals surface area contributed by atoms with Crippen molar-refractivity contribution in [3.63, 3.8) is 0 Å². The van der Waals surface area contributed by atoms with Crippen LogP contribution < -0.4 is 15.7 Å². The molecule has 0 radical (unpaired) electrons. The molecule has 5 nitrogen and oxygen atoms in total. The highest BCUT2D eigenvalue weighted by atomic mass is 16.5. The third-order valence-electron chi connectivity index (χ3n) is 5.15. The number of amides is 1. The Labute approximate surface area is 153 Å². The fourth-order valence-electron chi connectivity index (χ4n) is 3.70. The van der Waals surface area contributed by atoms with Gasteiger partial charge in [-0.25, -0.2) is 4.79 Å². The lowest BCUT2D eigenvalue weighted by Gasteiger charge is -2.29. The van der Waals surface area contributed by atoms with Gasteiger partial charge in [0.25, 0.3) is 5.91 Å². The van der Waals surface area contributed by atoms with Gasteiger partial charge in [0.2, 0.25) is 0 Å². The van der Waals surface area contributed by atoms with E-state index in [1.54, 1.807) is 12.1 Å². The highest BCUT2D eigenvalue weighted by molar-refractivity contribution is 5.82. The standard InChI is InChI=1S/C21H27NO4/c1-3-6-15-11-21(24)26-19-12-16(9-10-17(15)19)25-13-20(23)22-18-8-5-4-7-14(18)2/h9-12,14,18H,3-8,13H2,1-2H3,(H,22,23)/t14-,18-/m0/s1. The van der Waals surface area contributed by atoms with Crippen molar-refractivity contribution in [2.24, 2.45) is 5.92 Å². The Bertz CT molecular complexity index is 826. The molecule has 0 aliphatic heterocycles. The largest absolute Gasteiger partial charge is 0.484 e. The number of fused-ring (bicyclic) bond motifs is 1. The lowest BCUT2D eigenvalue weighted by molar-refractivity contribution is -0.124. The molecule has 1 saturated carbocycles. The first-order valence-corrected chi connectivity index (χ1v) is 9.55. The molecule has 3 rings (SSSR count). The topological polar surface area (TPSA) is 68.5 Å². The smallest absolute Gasteiger partial charge is 0.336 e. The molecule has 1 aromatic carbocycles. The number of benzene rings is 1. The average molecular weight is 357 g/mol. The van der Waals surface area contributed by atoms with Crippen molar-refractivity contribution in [2.45, 2.75) is 58.4 Å². The molecule has 1 aliphatic rings. The van der Waals surface area contributed by atoms with E-state index in [9.17, 15) is 9.59 Å². The van der Waals surface area contributed by atoms with Crippen LogP contribution in [0.3, 0.4) is 0 Å². The number of rotatable bonds is 6. The lowest BCUT2D eigenvalue weighted by Crippen LogP contribution is -2.43. The van der Waals surface area contributed by atoms with E-state index < -0.39 is 0 Å². The number of carbonyl (C=O) groups is 1. The van der Waals surface area contributed by atoms with E-state index in [0.29, 0.717) is 17.3 Å². The predicted octanol–water partition coefficient (Wildman–Crippen LogP) is 3.82. The van der Waals surface area contributed by atoms with Gasteiger partial charge in [-0.15, -0.1) is 0 Å². The van der Waals surface area contributed by atoms with Crippen molar-refractivity contribution in [3.8, 4) is 5.75 Å². The van der Waals surface area contributed by atoms with Crippen molar-refractivity contribution in [3.05, 3.63) is 40.2 Å². The summed E-state index contributed by atoms with van der Waals surface area (Å²) in [7, 11) is 0. The fourth-order valence-corrected chi connectivity index (χ4v) is 3.70. The number of carbonyl (C=O) groups excluding carboxylic acids is 1. The monoisotopic (exact) mass is 357 g/mol. The summed E-state index contributed by atoms with van der Waals surface area (Å²) in [5, 5.41) is 3.99. The Morgan fingerprint density at radius 1 is 1.27 bits per heavy atom. The van der Waals surface area contributed by atoms with Gasteiger partial charge < -0.3 is 14.5 Å². The summed E-state index contributed by atoms with van der Waals surface area (Å²) >= 11 is 0. The number of ether oxygens (including phenoxy) is 1. The van der Waals surface area contributed by atoms with Gasteiger partial charge in [0.15, 0.2) is 6.61 Å². The van der Waals surface area contributed by atoms with Crippen LogP contribution in [-0.2, 0) is 11.2 Å². The molecule has 1 fully saturated rings. The Balaban J connectivity index is 1.65. The fraction of sp³-hybridized carbons (Fsp3) is 0.524. The molecule has 0 spiro atoms. The van der Waals surface area contributed by atoms with Crippen LogP contribution in [0.15, 0.2) is 33.5 Å². The maximum absolute atomic E-state index is 12.2. The van der Waals surface area contributed by atoms with E-state index in [1.165, 1.54) is 12.8 Å². The molecule has 140 valence electrons. The maximum atomic E-state index is 12.2. The van der Waals surface area contributed by atoms with E-state index in [2.05, 4.69) is 19.2 Å². The first kappa shape index (κ1) is 18.5. The van der Waals surface area contributed by atoms with Crippen LogP contribution in [0.2, 0.25) is 0 Å². The van der Waals surface area contributed by atoms with E-state index in [1.807, 2.05) is 12.1 Å². The van der Waals surface area contributed by atoms with Crippen molar-refractivity contribution in [2.75, 3.05) is 6.61 Å². The van der Waals surface area contributed by atoms with Crippen LogP contribution in [0.5, 0.6) is 5.75 Å². The molecule has 1 amide bonds. The van der Waals surface area contributed by atoms with Gasteiger partial charge in [-0.1, -0.05) is 33.1 Å². The Kier molecular flexibility index (Phi) is 5.96. The minimum Gasteiger partial charge on any atom is -0.484 e. The second-order valence-electron chi connectivity index (χ2n) is 7.22. The normalized spacial score (nSPS) is 20.1. The maximum Gasteiger partial charge on any atom is 0.336 e. The van der Waals surface area contributed by atoms with Crippen molar-refractivity contribution in [1.29, 1.82) is 0 Å². The zero-order valence-electron chi connectivity index (χ0n) is 15.5. The van der Waals surface area contributed by atoms with E-state index >= 15 is 0 Å². The molecule has 2 atom stereocenters. The molecule has 1 heterocycles. The number of nitrogens with one attached hydrogen (secondary N) is 1. The summed E-state index contributed by atoms with van der Waals surface area (Å²) in [6.45, 7) is 4.22. The molecular weight excluding hydrogens is 330 g/mol. The molecule has 1 aromatic heterocycles. The highest BCUT2D eigenvalue weighted by Gasteiger charge is 2.22. The Hall–Kier alpha value is -2.30. The second kappa shape index (κ2) is 8.39. The first-order chi connectivity index (χ1) is 12.6. The lowest BCUT2D eigenvalue weighted by atomic mass is 9.86. The van der Waals surface area contributed by atoms with E-state index in [4.69, 9.17) is 9.15 Å². The minimum absolute atomic E-state index is 0.0341. The Morgan fingerprint density at radius 2 is 2.08 bits per heavy atom. The molecule has 2 aromatic rings.